The zero-order chi connectivity index (χ0) is 16.6. The van der Waals surface area contributed by atoms with Gasteiger partial charge in [-0.1, -0.05) is 18.5 Å². The fraction of sp³-hybridized carbons (Fsp3) is 0.529. The Hall–Kier alpha value is -1.20. The fourth-order valence-corrected chi connectivity index (χ4v) is 4.33. The normalized spacial score (nSPS) is 24.0. The van der Waals surface area contributed by atoms with E-state index in [0.29, 0.717) is 29.6 Å². The lowest BCUT2D eigenvalue weighted by molar-refractivity contribution is -0.142. The standard InChI is InChI=1S/C17H20ClNO3S/c1-2-23-15-6-5-11(18)7-12(15)16(20)19-8-13(10-3-4-10)14(9-19)17(21)22/h5-7,10,13-14H,2-4,8-9H2,1H3,(H,21,22)/t13-,14+/m1/s1. The van der Waals surface area contributed by atoms with Crippen LogP contribution in [0.3, 0.4) is 0 Å². The molecule has 1 amide bonds. The number of carbonyl (C=O) groups is 2. The number of carbonyl (C=O) groups excluding carboxylic acids is 1. The van der Waals surface area contributed by atoms with Crippen molar-refractivity contribution < 1.29 is 14.7 Å². The molecule has 2 aliphatic rings. The molecule has 0 unspecified atom stereocenters. The number of nitrogens with zero attached hydrogens (tertiary/aromatic N) is 1. The number of hydrogen-bond donors (Lipinski definition) is 1. The maximum Gasteiger partial charge on any atom is 0.308 e. The van der Waals surface area contributed by atoms with Crippen LogP contribution in [0, 0.1) is 17.8 Å². The van der Waals surface area contributed by atoms with Crippen LogP contribution in [0.15, 0.2) is 23.1 Å². The van der Waals surface area contributed by atoms with Crippen LogP contribution in [0.1, 0.15) is 30.1 Å². The molecular weight excluding hydrogens is 334 g/mol. The number of likely N-dealkylation sites (tertiary alicyclic amines) is 1. The van der Waals surface area contributed by atoms with Crippen molar-refractivity contribution in [3.05, 3.63) is 28.8 Å². The van der Waals surface area contributed by atoms with E-state index in [1.54, 1.807) is 28.8 Å². The summed E-state index contributed by atoms with van der Waals surface area (Å²) in [7, 11) is 0. The van der Waals surface area contributed by atoms with Crippen molar-refractivity contribution in [2.45, 2.75) is 24.7 Å². The van der Waals surface area contributed by atoms with Crippen molar-refractivity contribution in [1.82, 2.24) is 4.90 Å². The van der Waals surface area contributed by atoms with Crippen molar-refractivity contribution in [1.29, 1.82) is 0 Å². The van der Waals surface area contributed by atoms with E-state index in [1.807, 2.05) is 13.0 Å². The molecule has 4 nitrogen and oxygen atoms in total. The highest BCUT2D eigenvalue weighted by Crippen LogP contribution is 2.44. The molecule has 124 valence electrons. The molecule has 1 saturated carbocycles. The molecule has 23 heavy (non-hydrogen) atoms. The van der Waals surface area contributed by atoms with E-state index in [0.717, 1.165) is 23.5 Å². The monoisotopic (exact) mass is 353 g/mol. The molecule has 1 aromatic carbocycles. The minimum atomic E-state index is -0.786. The summed E-state index contributed by atoms with van der Waals surface area (Å²) < 4.78 is 0. The first kappa shape index (κ1) is 16.7. The zero-order valence-corrected chi connectivity index (χ0v) is 14.6. The molecule has 1 N–H and O–H groups in total. The predicted octanol–water partition coefficient (Wildman–Crippen LogP) is 3.63. The number of hydrogen-bond acceptors (Lipinski definition) is 3. The molecule has 1 heterocycles. The Morgan fingerprint density at radius 1 is 1.35 bits per heavy atom. The molecule has 1 aliphatic heterocycles. The second-order valence-electron chi connectivity index (χ2n) is 6.23. The molecular formula is C17H20ClNO3S. The van der Waals surface area contributed by atoms with Crippen molar-refractivity contribution in [2.75, 3.05) is 18.8 Å². The number of benzene rings is 1. The highest BCUT2D eigenvalue weighted by atomic mass is 35.5. The lowest BCUT2D eigenvalue weighted by atomic mass is 9.92. The van der Waals surface area contributed by atoms with Gasteiger partial charge in [-0.25, -0.2) is 0 Å². The average Bonchev–Trinajstić information content (AvgIpc) is 3.26. The Bertz CT molecular complexity index is 632. The molecule has 2 fully saturated rings. The highest BCUT2D eigenvalue weighted by molar-refractivity contribution is 7.99. The maximum atomic E-state index is 12.9. The number of rotatable bonds is 5. The van der Waals surface area contributed by atoms with Crippen LogP contribution in [0.2, 0.25) is 5.02 Å². The van der Waals surface area contributed by atoms with E-state index in [-0.39, 0.29) is 11.8 Å². The minimum Gasteiger partial charge on any atom is -0.481 e. The van der Waals surface area contributed by atoms with Crippen molar-refractivity contribution in [2.24, 2.45) is 17.8 Å². The van der Waals surface area contributed by atoms with Crippen LogP contribution in [0.25, 0.3) is 0 Å². The Balaban J connectivity index is 1.83. The Kier molecular flexibility index (Phi) is 4.87. The van der Waals surface area contributed by atoms with Gasteiger partial charge in [0.25, 0.3) is 5.91 Å². The van der Waals surface area contributed by atoms with Gasteiger partial charge in [-0.05, 0) is 48.6 Å². The second kappa shape index (κ2) is 6.73. The van der Waals surface area contributed by atoms with E-state index in [4.69, 9.17) is 11.6 Å². The summed E-state index contributed by atoms with van der Waals surface area (Å²) in [4.78, 5) is 27.0. The lowest BCUT2D eigenvalue weighted by Gasteiger charge is -2.18. The lowest BCUT2D eigenvalue weighted by Crippen LogP contribution is -2.30. The van der Waals surface area contributed by atoms with Gasteiger partial charge >= 0.3 is 5.97 Å². The zero-order valence-electron chi connectivity index (χ0n) is 13.0. The highest BCUT2D eigenvalue weighted by Gasteiger charge is 2.47. The molecule has 0 bridgehead atoms. The quantitative estimate of drug-likeness (QED) is 0.821. The smallest absolute Gasteiger partial charge is 0.308 e. The number of carboxylic acids is 1. The van der Waals surface area contributed by atoms with Crippen molar-refractivity contribution >= 4 is 35.2 Å². The predicted molar refractivity (Wildman–Crippen MR) is 91.1 cm³/mol. The third-order valence-corrected chi connectivity index (χ3v) is 5.86. The van der Waals surface area contributed by atoms with Gasteiger partial charge in [0.1, 0.15) is 0 Å². The summed E-state index contributed by atoms with van der Waals surface area (Å²) in [5.74, 6) is 0.109. The number of carboxylic acid groups (broad SMARTS) is 1. The average molecular weight is 354 g/mol. The van der Waals surface area contributed by atoms with Crippen molar-refractivity contribution in [3.8, 4) is 0 Å². The van der Waals surface area contributed by atoms with Crippen LogP contribution in [-0.2, 0) is 4.79 Å². The molecule has 1 aromatic rings. The topological polar surface area (TPSA) is 57.6 Å². The number of amides is 1. The largest absolute Gasteiger partial charge is 0.481 e. The van der Waals surface area contributed by atoms with Gasteiger partial charge in [0.05, 0.1) is 11.5 Å². The molecule has 0 radical (unpaired) electrons. The molecule has 6 heteroatoms. The Morgan fingerprint density at radius 3 is 2.70 bits per heavy atom. The molecule has 2 atom stereocenters. The van der Waals surface area contributed by atoms with Gasteiger partial charge in [-0.3, -0.25) is 9.59 Å². The SMILES string of the molecule is CCSc1ccc(Cl)cc1C(=O)N1C[C@H](C(=O)O)[C@@H](C2CC2)C1. The fourth-order valence-electron chi connectivity index (χ4n) is 3.38. The van der Waals surface area contributed by atoms with E-state index >= 15 is 0 Å². The van der Waals surface area contributed by atoms with Crippen LogP contribution in [-0.4, -0.2) is 40.7 Å². The number of thioether (sulfide) groups is 1. The first-order chi connectivity index (χ1) is 11.0. The maximum absolute atomic E-state index is 12.9. The van der Waals surface area contributed by atoms with E-state index in [1.165, 1.54) is 0 Å². The molecule has 0 aromatic heterocycles. The number of halogens is 1. The van der Waals surface area contributed by atoms with Gasteiger partial charge in [0, 0.05) is 23.0 Å². The van der Waals surface area contributed by atoms with Crippen LogP contribution < -0.4 is 0 Å². The Labute approximate surface area is 145 Å². The third-order valence-electron chi connectivity index (χ3n) is 4.67. The van der Waals surface area contributed by atoms with Crippen LogP contribution in [0.5, 0.6) is 0 Å². The third kappa shape index (κ3) is 3.50. The molecule has 0 spiro atoms. The van der Waals surface area contributed by atoms with Gasteiger partial charge in [0.15, 0.2) is 0 Å². The van der Waals surface area contributed by atoms with E-state index in [9.17, 15) is 14.7 Å². The molecule has 3 rings (SSSR count). The summed E-state index contributed by atoms with van der Waals surface area (Å²) >= 11 is 7.66. The molecule has 1 saturated heterocycles. The summed E-state index contributed by atoms with van der Waals surface area (Å²) in [6.45, 7) is 2.88. The van der Waals surface area contributed by atoms with Crippen LogP contribution in [0.4, 0.5) is 0 Å². The summed E-state index contributed by atoms with van der Waals surface area (Å²) in [6, 6.07) is 5.35. The van der Waals surface area contributed by atoms with Gasteiger partial charge < -0.3 is 10.0 Å². The first-order valence-corrected chi connectivity index (χ1v) is 9.32. The summed E-state index contributed by atoms with van der Waals surface area (Å²) in [6.07, 6.45) is 2.18. The second-order valence-corrected chi connectivity index (χ2v) is 7.97. The van der Waals surface area contributed by atoms with Gasteiger partial charge in [-0.2, -0.15) is 0 Å². The van der Waals surface area contributed by atoms with Gasteiger partial charge in [0.2, 0.25) is 0 Å². The summed E-state index contributed by atoms with van der Waals surface area (Å²) in [5.41, 5.74) is 0.588. The Morgan fingerprint density at radius 2 is 2.09 bits per heavy atom. The molecule has 1 aliphatic carbocycles. The van der Waals surface area contributed by atoms with Crippen molar-refractivity contribution in [3.63, 3.8) is 0 Å². The van der Waals surface area contributed by atoms with E-state index < -0.39 is 11.9 Å². The van der Waals surface area contributed by atoms with Gasteiger partial charge in [-0.15, -0.1) is 11.8 Å². The first-order valence-electron chi connectivity index (χ1n) is 7.95. The summed E-state index contributed by atoms with van der Waals surface area (Å²) in [5, 5.41) is 9.98. The minimum absolute atomic E-state index is 0.0953. The van der Waals surface area contributed by atoms with E-state index in [2.05, 4.69) is 0 Å². The van der Waals surface area contributed by atoms with Crippen LogP contribution >= 0.6 is 23.4 Å². The number of aliphatic carboxylic acids is 1.